The highest BCUT2D eigenvalue weighted by atomic mass is 35.5. The molecule has 1 N–H and O–H groups in total. The first-order chi connectivity index (χ1) is 8.97. The van der Waals surface area contributed by atoms with E-state index in [1.54, 1.807) is 6.92 Å². The third-order valence-electron chi connectivity index (χ3n) is 3.63. The van der Waals surface area contributed by atoms with Crippen LogP contribution in [-0.4, -0.2) is 9.67 Å². The normalized spacial score (nSPS) is 13.2. The van der Waals surface area contributed by atoms with Crippen molar-refractivity contribution < 1.29 is 5.11 Å². The molecular weight excluding hydrogens is 258 g/mol. The van der Waals surface area contributed by atoms with E-state index in [1.165, 1.54) is 11.1 Å². The lowest BCUT2D eigenvalue weighted by atomic mass is 10.0. The summed E-state index contributed by atoms with van der Waals surface area (Å²) in [6.45, 7) is 9.04. The summed E-state index contributed by atoms with van der Waals surface area (Å²) in [7, 11) is 0. The number of hydrogen-bond donors (Lipinski definition) is 1. The first kappa shape index (κ1) is 14.4. The van der Waals surface area contributed by atoms with Crippen molar-refractivity contribution in [1.29, 1.82) is 0 Å². The molecule has 0 aliphatic heterocycles. The molecule has 1 heterocycles. The standard InChI is InChI=1S/C16H22ClNO/c1-5-6-7-18-13-9-10(2)8-11(3)14(13)15(12(4)19)16(18)17/h8-9,12,19H,5-7H2,1-4H3. The second-order valence-corrected chi connectivity index (χ2v) is 5.72. The molecule has 0 amide bonds. The molecule has 3 heteroatoms. The SMILES string of the molecule is CCCCn1c(Cl)c(C(C)O)c2c(C)cc(C)cc21. The fourth-order valence-electron chi connectivity index (χ4n) is 2.78. The zero-order valence-electron chi connectivity index (χ0n) is 12.1. The van der Waals surface area contributed by atoms with Crippen LogP contribution >= 0.6 is 11.6 Å². The number of nitrogens with zero attached hydrogens (tertiary/aromatic N) is 1. The van der Waals surface area contributed by atoms with Gasteiger partial charge in [0, 0.05) is 17.5 Å². The lowest BCUT2D eigenvalue weighted by molar-refractivity contribution is 0.200. The highest BCUT2D eigenvalue weighted by molar-refractivity contribution is 6.32. The van der Waals surface area contributed by atoms with Crippen molar-refractivity contribution in [2.24, 2.45) is 0 Å². The Hall–Kier alpha value is -0.990. The van der Waals surface area contributed by atoms with Crippen LogP contribution < -0.4 is 0 Å². The third kappa shape index (κ3) is 2.52. The quantitative estimate of drug-likeness (QED) is 0.857. The number of aliphatic hydroxyl groups excluding tert-OH is 1. The van der Waals surface area contributed by atoms with Crippen molar-refractivity contribution in [1.82, 2.24) is 4.57 Å². The molecule has 0 spiro atoms. The summed E-state index contributed by atoms with van der Waals surface area (Å²) in [5.41, 5.74) is 4.43. The van der Waals surface area contributed by atoms with Crippen molar-refractivity contribution in [3.05, 3.63) is 34.0 Å². The summed E-state index contributed by atoms with van der Waals surface area (Å²) in [5.74, 6) is 0. The minimum Gasteiger partial charge on any atom is -0.389 e. The van der Waals surface area contributed by atoms with Gasteiger partial charge >= 0.3 is 0 Å². The summed E-state index contributed by atoms with van der Waals surface area (Å²) in [5, 5.41) is 11.8. The van der Waals surface area contributed by atoms with E-state index < -0.39 is 6.10 Å². The Labute approximate surface area is 120 Å². The van der Waals surface area contributed by atoms with Crippen molar-refractivity contribution in [2.75, 3.05) is 0 Å². The minimum absolute atomic E-state index is 0.542. The van der Waals surface area contributed by atoms with Gasteiger partial charge in [-0.05, 0) is 44.4 Å². The van der Waals surface area contributed by atoms with Gasteiger partial charge in [0.25, 0.3) is 0 Å². The highest BCUT2D eigenvalue weighted by Crippen LogP contribution is 2.37. The van der Waals surface area contributed by atoms with E-state index in [9.17, 15) is 5.11 Å². The molecule has 0 fully saturated rings. The van der Waals surface area contributed by atoms with Gasteiger partial charge in [-0.15, -0.1) is 0 Å². The van der Waals surface area contributed by atoms with E-state index >= 15 is 0 Å². The molecule has 0 bridgehead atoms. The van der Waals surface area contributed by atoms with Crippen LogP contribution in [0.5, 0.6) is 0 Å². The maximum absolute atomic E-state index is 10.0. The molecule has 1 aromatic carbocycles. The molecule has 104 valence electrons. The van der Waals surface area contributed by atoms with Crippen LogP contribution in [0, 0.1) is 13.8 Å². The summed E-state index contributed by atoms with van der Waals surface area (Å²) in [4.78, 5) is 0. The monoisotopic (exact) mass is 279 g/mol. The Morgan fingerprint density at radius 1 is 1.32 bits per heavy atom. The number of hydrogen-bond acceptors (Lipinski definition) is 1. The predicted octanol–water partition coefficient (Wildman–Crippen LogP) is 4.76. The number of fused-ring (bicyclic) bond motifs is 1. The molecule has 1 aromatic heterocycles. The largest absolute Gasteiger partial charge is 0.389 e. The van der Waals surface area contributed by atoms with Crippen LogP contribution in [0.2, 0.25) is 5.15 Å². The first-order valence-electron chi connectivity index (χ1n) is 6.94. The lowest BCUT2D eigenvalue weighted by Crippen LogP contribution is -1.98. The van der Waals surface area contributed by atoms with Gasteiger partial charge in [-0.25, -0.2) is 0 Å². The van der Waals surface area contributed by atoms with Crippen LogP contribution in [-0.2, 0) is 6.54 Å². The fourth-order valence-corrected chi connectivity index (χ4v) is 3.21. The molecule has 2 aromatic rings. The van der Waals surface area contributed by atoms with Gasteiger partial charge in [0.1, 0.15) is 5.15 Å². The van der Waals surface area contributed by atoms with E-state index in [-0.39, 0.29) is 0 Å². The number of rotatable bonds is 4. The Morgan fingerprint density at radius 2 is 2.00 bits per heavy atom. The second-order valence-electron chi connectivity index (χ2n) is 5.36. The van der Waals surface area contributed by atoms with Crippen molar-refractivity contribution >= 4 is 22.5 Å². The molecule has 1 unspecified atom stereocenters. The Morgan fingerprint density at radius 3 is 2.58 bits per heavy atom. The molecule has 19 heavy (non-hydrogen) atoms. The van der Waals surface area contributed by atoms with E-state index in [2.05, 4.69) is 37.5 Å². The predicted molar refractivity (Wildman–Crippen MR) is 82.0 cm³/mol. The average molecular weight is 280 g/mol. The van der Waals surface area contributed by atoms with Gasteiger partial charge < -0.3 is 9.67 Å². The first-order valence-corrected chi connectivity index (χ1v) is 7.32. The van der Waals surface area contributed by atoms with Crippen LogP contribution in [0.3, 0.4) is 0 Å². The molecule has 0 radical (unpaired) electrons. The number of halogens is 1. The molecule has 0 aliphatic carbocycles. The Kier molecular flexibility index (Phi) is 4.22. The minimum atomic E-state index is -0.542. The van der Waals surface area contributed by atoms with Crippen LogP contribution in [0.15, 0.2) is 12.1 Å². The summed E-state index contributed by atoms with van der Waals surface area (Å²) in [6, 6.07) is 4.31. The second kappa shape index (κ2) is 5.56. The zero-order valence-corrected chi connectivity index (χ0v) is 12.9. The summed E-state index contributed by atoms with van der Waals surface area (Å²) < 4.78 is 2.14. The third-order valence-corrected chi connectivity index (χ3v) is 4.04. The average Bonchev–Trinajstić information content (AvgIpc) is 2.59. The van der Waals surface area contributed by atoms with E-state index in [1.807, 2.05) is 0 Å². The zero-order chi connectivity index (χ0) is 14.2. The molecular formula is C16H22ClNO. The van der Waals surface area contributed by atoms with Gasteiger partial charge in [0.15, 0.2) is 0 Å². The van der Waals surface area contributed by atoms with Crippen molar-refractivity contribution in [3.63, 3.8) is 0 Å². The maximum Gasteiger partial charge on any atom is 0.115 e. The number of benzene rings is 1. The molecule has 1 atom stereocenters. The van der Waals surface area contributed by atoms with Gasteiger partial charge in [0.05, 0.1) is 11.6 Å². The Bertz CT molecular complexity index is 599. The topological polar surface area (TPSA) is 25.2 Å². The molecule has 0 saturated heterocycles. The van der Waals surface area contributed by atoms with Crippen LogP contribution in [0.1, 0.15) is 49.5 Å². The lowest BCUT2D eigenvalue weighted by Gasteiger charge is -2.07. The van der Waals surface area contributed by atoms with E-state index in [0.717, 1.165) is 35.9 Å². The summed E-state index contributed by atoms with van der Waals surface area (Å²) in [6.07, 6.45) is 1.68. The van der Waals surface area contributed by atoms with E-state index in [4.69, 9.17) is 11.6 Å². The van der Waals surface area contributed by atoms with Gasteiger partial charge in [-0.1, -0.05) is 31.0 Å². The number of aryl methyl sites for hydroxylation is 3. The van der Waals surface area contributed by atoms with Crippen molar-refractivity contribution in [2.45, 2.75) is 53.2 Å². The summed E-state index contributed by atoms with van der Waals surface area (Å²) >= 11 is 6.51. The van der Waals surface area contributed by atoms with Crippen molar-refractivity contribution in [3.8, 4) is 0 Å². The van der Waals surface area contributed by atoms with Gasteiger partial charge in [0.2, 0.25) is 0 Å². The molecule has 0 saturated carbocycles. The molecule has 2 nitrogen and oxygen atoms in total. The molecule has 0 aliphatic rings. The van der Waals surface area contributed by atoms with E-state index in [0.29, 0.717) is 5.15 Å². The number of aliphatic hydroxyl groups is 1. The highest BCUT2D eigenvalue weighted by Gasteiger charge is 2.20. The van der Waals surface area contributed by atoms with Crippen LogP contribution in [0.4, 0.5) is 0 Å². The molecule has 2 rings (SSSR count). The van der Waals surface area contributed by atoms with Gasteiger partial charge in [-0.3, -0.25) is 0 Å². The van der Waals surface area contributed by atoms with Crippen LogP contribution in [0.25, 0.3) is 10.9 Å². The number of aromatic nitrogens is 1. The number of unbranched alkanes of at least 4 members (excludes halogenated alkanes) is 1. The smallest absolute Gasteiger partial charge is 0.115 e. The van der Waals surface area contributed by atoms with Gasteiger partial charge in [-0.2, -0.15) is 0 Å². The Balaban J connectivity index is 2.76. The maximum atomic E-state index is 10.0. The fraction of sp³-hybridized carbons (Fsp3) is 0.500.